The van der Waals surface area contributed by atoms with Crippen LogP contribution in [-0.4, -0.2) is 19.3 Å². The molecule has 0 amide bonds. The smallest absolute Gasteiger partial charge is 0.128 e. The summed E-state index contributed by atoms with van der Waals surface area (Å²) in [6.45, 7) is 8.05. The number of ether oxygens (including phenoxy) is 2. The standard InChI is InChI=1S/C14H22O3/c1-9(15)11-7-10(16-5)8-12(13(11)17-6)14(2,3)4/h7-9,15H,1-6H3. The first-order chi connectivity index (χ1) is 7.81. The molecule has 0 fully saturated rings. The molecule has 0 spiro atoms. The number of benzene rings is 1. The van der Waals surface area contributed by atoms with E-state index in [1.165, 1.54) is 0 Å². The molecule has 0 aliphatic carbocycles. The molecule has 0 bridgehead atoms. The molecular formula is C14H22O3. The predicted molar refractivity (Wildman–Crippen MR) is 68.9 cm³/mol. The summed E-state index contributed by atoms with van der Waals surface area (Å²) >= 11 is 0. The van der Waals surface area contributed by atoms with Crippen molar-refractivity contribution in [3.8, 4) is 11.5 Å². The Labute approximate surface area is 103 Å². The fraction of sp³-hybridized carbons (Fsp3) is 0.571. The zero-order valence-electron chi connectivity index (χ0n) is 11.5. The van der Waals surface area contributed by atoms with Gasteiger partial charge in [-0.3, -0.25) is 0 Å². The molecule has 1 atom stereocenters. The Kier molecular flexibility index (Phi) is 4.04. The van der Waals surface area contributed by atoms with Gasteiger partial charge in [0, 0.05) is 11.1 Å². The van der Waals surface area contributed by atoms with Crippen LogP contribution in [0.15, 0.2) is 12.1 Å². The van der Waals surface area contributed by atoms with Gasteiger partial charge in [-0.25, -0.2) is 0 Å². The number of hydrogen-bond donors (Lipinski definition) is 1. The SMILES string of the molecule is COc1cc(C(C)O)c(OC)c(C(C)(C)C)c1. The van der Waals surface area contributed by atoms with Gasteiger partial charge in [0.25, 0.3) is 0 Å². The molecule has 1 rings (SSSR count). The highest BCUT2D eigenvalue weighted by atomic mass is 16.5. The van der Waals surface area contributed by atoms with E-state index in [0.717, 1.165) is 22.6 Å². The van der Waals surface area contributed by atoms with Crippen molar-refractivity contribution in [3.05, 3.63) is 23.3 Å². The summed E-state index contributed by atoms with van der Waals surface area (Å²) < 4.78 is 10.7. The van der Waals surface area contributed by atoms with Crippen LogP contribution in [0.2, 0.25) is 0 Å². The third kappa shape index (κ3) is 2.91. The van der Waals surface area contributed by atoms with E-state index < -0.39 is 6.10 Å². The van der Waals surface area contributed by atoms with Gasteiger partial charge in [-0.15, -0.1) is 0 Å². The minimum absolute atomic E-state index is 0.0659. The van der Waals surface area contributed by atoms with Gasteiger partial charge in [0.2, 0.25) is 0 Å². The van der Waals surface area contributed by atoms with Crippen LogP contribution in [0.3, 0.4) is 0 Å². The van der Waals surface area contributed by atoms with Gasteiger partial charge < -0.3 is 14.6 Å². The first kappa shape index (κ1) is 13.8. The lowest BCUT2D eigenvalue weighted by atomic mass is 9.84. The highest BCUT2D eigenvalue weighted by Crippen LogP contribution is 2.39. The van der Waals surface area contributed by atoms with E-state index in [1.807, 2.05) is 12.1 Å². The lowest BCUT2D eigenvalue weighted by Gasteiger charge is -2.25. The molecule has 1 aromatic rings. The van der Waals surface area contributed by atoms with Crippen molar-refractivity contribution in [1.82, 2.24) is 0 Å². The van der Waals surface area contributed by atoms with Crippen LogP contribution in [0, 0.1) is 0 Å². The number of hydrogen-bond acceptors (Lipinski definition) is 3. The molecule has 17 heavy (non-hydrogen) atoms. The van der Waals surface area contributed by atoms with E-state index in [0.29, 0.717) is 0 Å². The van der Waals surface area contributed by atoms with Gasteiger partial charge in [0.05, 0.1) is 20.3 Å². The molecule has 0 heterocycles. The first-order valence-corrected chi connectivity index (χ1v) is 5.75. The van der Waals surface area contributed by atoms with Gasteiger partial charge in [-0.05, 0) is 24.5 Å². The van der Waals surface area contributed by atoms with Crippen LogP contribution in [0.5, 0.6) is 11.5 Å². The van der Waals surface area contributed by atoms with Crippen molar-refractivity contribution in [3.63, 3.8) is 0 Å². The molecule has 0 aliphatic heterocycles. The van der Waals surface area contributed by atoms with Crippen LogP contribution in [-0.2, 0) is 5.41 Å². The molecule has 1 aromatic carbocycles. The van der Waals surface area contributed by atoms with Crippen molar-refractivity contribution in [2.75, 3.05) is 14.2 Å². The monoisotopic (exact) mass is 238 g/mol. The largest absolute Gasteiger partial charge is 0.497 e. The second kappa shape index (κ2) is 4.96. The normalized spacial score (nSPS) is 13.4. The topological polar surface area (TPSA) is 38.7 Å². The van der Waals surface area contributed by atoms with Crippen LogP contribution in [0.25, 0.3) is 0 Å². The van der Waals surface area contributed by atoms with Gasteiger partial charge in [-0.1, -0.05) is 20.8 Å². The summed E-state index contributed by atoms with van der Waals surface area (Å²) in [6.07, 6.45) is -0.582. The molecule has 0 aromatic heterocycles. The van der Waals surface area contributed by atoms with E-state index in [1.54, 1.807) is 21.1 Å². The molecule has 3 heteroatoms. The van der Waals surface area contributed by atoms with E-state index in [2.05, 4.69) is 20.8 Å². The van der Waals surface area contributed by atoms with Crippen molar-refractivity contribution in [2.45, 2.75) is 39.2 Å². The van der Waals surface area contributed by atoms with Crippen LogP contribution >= 0.6 is 0 Å². The predicted octanol–water partition coefficient (Wildman–Crippen LogP) is 3.05. The zero-order valence-corrected chi connectivity index (χ0v) is 11.5. The quantitative estimate of drug-likeness (QED) is 0.879. The third-order valence-electron chi connectivity index (χ3n) is 2.79. The van der Waals surface area contributed by atoms with Crippen LogP contribution in [0.1, 0.15) is 44.9 Å². The summed E-state index contributed by atoms with van der Waals surface area (Å²) in [5, 5.41) is 9.81. The second-order valence-corrected chi connectivity index (χ2v) is 5.22. The number of aliphatic hydroxyl groups is 1. The first-order valence-electron chi connectivity index (χ1n) is 5.75. The van der Waals surface area contributed by atoms with Gasteiger partial charge in [-0.2, -0.15) is 0 Å². The maximum atomic E-state index is 9.81. The maximum Gasteiger partial charge on any atom is 0.128 e. The van der Waals surface area contributed by atoms with Gasteiger partial charge in [0.1, 0.15) is 11.5 Å². The number of aliphatic hydroxyl groups excluding tert-OH is 1. The Morgan fingerprint density at radius 3 is 2.06 bits per heavy atom. The molecule has 1 unspecified atom stereocenters. The van der Waals surface area contributed by atoms with E-state index >= 15 is 0 Å². The maximum absolute atomic E-state index is 9.81. The zero-order chi connectivity index (χ0) is 13.2. The van der Waals surface area contributed by atoms with Crippen LogP contribution in [0.4, 0.5) is 0 Å². The fourth-order valence-corrected chi connectivity index (χ4v) is 1.84. The average Bonchev–Trinajstić information content (AvgIpc) is 2.25. The lowest BCUT2D eigenvalue weighted by Crippen LogP contribution is -2.15. The number of methoxy groups -OCH3 is 2. The van der Waals surface area contributed by atoms with E-state index in [4.69, 9.17) is 9.47 Å². The van der Waals surface area contributed by atoms with Gasteiger partial charge >= 0.3 is 0 Å². The summed E-state index contributed by atoms with van der Waals surface area (Å²) in [5.41, 5.74) is 1.73. The minimum atomic E-state index is -0.582. The van der Waals surface area contributed by atoms with Crippen molar-refractivity contribution >= 4 is 0 Å². The Bertz CT molecular complexity index is 389. The van der Waals surface area contributed by atoms with E-state index in [-0.39, 0.29) is 5.41 Å². The fourth-order valence-electron chi connectivity index (χ4n) is 1.84. The van der Waals surface area contributed by atoms with Crippen molar-refractivity contribution in [1.29, 1.82) is 0 Å². The van der Waals surface area contributed by atoms with Crippen molar-refractivity contribution in [2.24, 2.45) is 0 Å². The molecule has 0 saturated heterocycles. The lowest BCUT2D eigenvalue weighted by molar-refractivity contribution is 0.193. The summed E-state index contributed by atoms with van der Waals surface area (Å²) in [6, 6.07) is 3.78. The molecule has 1 N–H and O–H groups in total. The summed E-state index contributed by atoms with van der Waals surface area (Å²) in [5.74, 6) is 1.49. The molecule has 0 aliphatic rings. The Balaban J connectivity index is 3.51. The molecule has 96 valence electrons. The molecular weight excluding hydrogens is 216 g/mol. The minimum Gasteiger partial charge on any atom is -0.497 e. The average molecular weight is 238 g/mol. The Morgan fingerprint density at radius 1 is 1.12 bits per heavy atom. The highest BCUT2D eigenvalue weighted by molar-refractivity contribution is 5.51. The van der Waals surface area contributed by atoms with E-state index in [9.17, 15) is 5.11 Å². The molecule has 0 saturated carbocycles. The highest BCUT2D eigenvalue weighted by Gasteiger charge is 2.24. The molecule has 0 radical (unpaired) electrons. The second-order valence-electron chi connectivity index (χ2n) is 5.22. The summed E-state index contributed by atoms with van der Waals surface area (Å²) in [7, 11) is 3.25. The Morgan fingerprint density at radius 2 is 1.71 bits per heavy atom. The van der Waals surface area contributed by atoms with Crippen molar-refractivity contribution < 1.29 is 14.6 Å². The summed E-state index contributed by atoms with van der Waals surface area (Å²) in [4.78, 5) is 0. The number of rotatable bonds is 3. The molecule has 3 nitrogen and oxygen atoms in total. The van der Waals surface area contributed by atoms with Gasteiger partial charge in [0.15, 0.2) is 0 Å². The Hall–Kier alpha value is -1.22. The van der Waals surface area contributed by atoms with Crippen LogP contribution < -0.4 is 9.47 Å². The third-order valence-corrected chi connectivity index (χ3v) is 2.79.